The van der Waals surface area contributed by atoms with Crippen molar-refractivity contribution in [3.63, 3.8) is 0 Å². The average molecular weight is 181 g/mol. The Balaban J connectivity index is 4.70. The molecule has 66 valence electrons. The topological polar surface area (TPSA) is 26.0 Å². The molecule has 0 aromatic rings. The van der Waals surface area contributed by atoms with E-state index in [0.29, 0.717) is 4.91 Å². The highest BCUT2D eigenvalue weighted by atomic mass is 32.1. The van der Waals surface area contributed by atoms with Crippen molar-refractivity contribution in [3.05, 3.63) is 47.1 Å². The molecular weight excluding hydrogens is 166 g/mol. The minimum absolute atomic E-state index is 0.704. The van der Waals surface area contributed by atoms with Crippen LogP contribution in [-0.4, -0.2) is 0 Å². The molecule has 12 heavy (non-hydrogen) atoms. The van der Waals surface area contributed by atoms with Gasteiger partial charge in [0.05, 0.1) is 0 Å². The van der Waals surface area contributed by atoms with E-state index in [1.807, 2.05) is 19.9 Å². The first-order valence-corrected chi connectivity index (χ1v) is 4.08. The zero-order valence-electron chi connectivity index (χ0n) is 7.59. The van der Waals surface area contributed by atoms with Gasteiger partial charge in [0.1, 0.15) is 0 Å². The molecule has 0 heterocycles. The molecular formula is C10H15NS. The van der Waals surface area contributed by atoms with Gasteiger partial charge in [-0.15, -0.1) is 12.6 Å². The molecule has 0 aliphatic carbocycles. The summed E-state index contributed by atoms with van der Waals surface area (Å²) in [6.07, 6.45) is 3.66. The van der Waals surface area contributed by atoms with Gasteiger partial charge in [0.25, 0.3) is 0 Å². The first-order valence-electron chi connectivity index (χ1n) is 3.63. The second-order valence-corrected chi connectivity index (χ2v) is 3.28. The van der Waals surface area contributed by atoms with E-state index in [4.69, 9.17) is 5.73 Å². The van der Waals surface area contributed by atoms with Gasteiger partial charge in [0.2, 0.25) is 0 Å². The minimum atomic E-state index is 0.704. The molecule has 0 unspecified atom stereocenters. The number of nitrogens with two attached hydrogens (primary N) is 1. The SMILES string of the molecule is C=C(S)/C=C\C(C(=C)C)=C(/C)N. The van der Waals surface area contributed by atoms with E-state index >= 15 is 0 Å². The van der Waals surface area contributed by atoms with Crippen LogP contribution in [0.2, 0.25) is 0 Å². The maximum atomic E-state index is 5.64. The quantitative estimate of drug-likeness (QED) is 0.508. The van der Waals surface area contributed by atoms with Gasteiger partial charge in [-0.25, -0.2) is 0 Å². The standard InChI is InChI=1S/C10H15NS/c1-7(2)10(9(4)11)6-5-8(3)12/h5-6,12H,1,3,11H2,2,4H3/b6-5-,10-9-. The zero-order valence-corrected chi connectivity index (χ0v) is 8.49. The summed E-state index contributed by atoms with van der Waals surface area (Å²) in [6.45, 7) is 11.2. The van der Waals surface area contributed by atoms with Crippen LogP contribution in [0.15, 0.2) is 47.1 Å². The molecule has 0 spiro atoms. The maximum absolute atomic E-state index is 5.64. The van der Waals surface area contributed by atoms with Crippen LogP contribution in [-0.2, 0) is 0 Å². The maximum Gasteiger partial charge on any atom is 0.0125 e. The van der Waals surface area contributed by atoms with Gasteiger partial charge in [-0.3, -0.25) is 0 Å². The van der Waals surface area contributed by atoms with E-state index in [2.05, 4.69) is 25.8 Å². The van der Waals surface area contributed by atoms with Gasteiger partial charge >= 0.3 is 0 Å². The molecule has 0 saturated carbocycles. The van der Waals surface area contributed by atoms with Crippen LogP contribution < -0.4 is 5.73 Å². The largest absolute Gasteiger partial charge is 0.402 e. The van der Waals surface area contributed by atoms with E-state index in [1.165, 1.54) is 0 Å². The minimum Gasteiger partial charge on any atom is -0.402 e. The molecule has 2 N–H and O–H groups in total. The molecule has 0 aromatic heterocycles. The summed E-state index contributed by atoms with van der Waals surface area (Å²) in [5.41, 5.74) is 8.29. The monoisotopic (exact) mass is 181 g/mol. The van der Waals surface area contributed by atoms with Crippen molar-refractivity contribution in [1.82, 2.24) is 0 Å². The second kappa shape index (κ2) is 4.88. The summed E-state index contributed by atoms with van der Waals surface area (Å²) < 4.78 is 0. The lowest BCUT2D eigenvalue weighted by molar-refractivity contribution is 1.24. The van der Waals surface area contributed by atoms with Crippen LogP contribution in [0, 0.1) is 0 Å². The Bertz CT molecular complexity index is 255. The smallest absolute Gasteiger partial charge is 0.0125 e. The predicted octanol–water partition coefficient (Wildman–Crippen LogP) is 2.79. The van der Waals surface area contributed by atoms with E-state index in [-0.39, 0.29) is 0 Å². The van der Waals surface area contributed by atoms with E-state index in [0.717, 1.165) is 16.8 Å². The predicted molar refractivity (Wildman–Crippen MR) is 59.0 cm³/mol. The molecule has 0 atom stereocenters. The third kappa shape index (κ3) is 4.09. The highest BCUT2D eigenvalue weighted by Gasteiger charge is 1.95. The number of rotatable bonds is 3. The summed E-state index contributed by atoms with van der Waals surface area (Å²) in [5, 5.41) is 0. The van der Waals surface area contributed by atoms with Crippen LogP contribution >= 0.6 is 12.6 Å². The first kappa shape index (κ1) is 11.1. The Kier molecular flexibility index (Phi) is 4.52. The summed E-state index contributed by atoms with van der Waals surface area (Å²) in [5.74, 6) is 0. The van der Waals surface area contributed by atoms with Crippen molar-refractivity contribution in [1.29, 1.82) is 0 Å². The molecule has 0 rings (SSSR count). The van der Waals surface area contributed by atoms with Gasteiger partial charge in [-0.2, -0.15) is 0 Å². The summed E-state index contributed by atoms with van der Waals surface area (Å²) >= 11 is 4.04. The second-order valence-electron chi connectivity index (χ2n) is 2.70. The first-order chi connectivity index (χ1) is 5.45. The van der Waals surface area contributed by atoms with Crippen molar-refractivity contribution in [2.24, 2.45) is 5.73 Å². The van der Waals surface area contributed by atoms with Crippen molar-refractivity contribution >= 4 is 12.6 Å². The molecule has 0 fully saturated rings. The Labute approximate surface area is 79.8 Å². The average Bonchev–Trinajstić information content (AvgIpc) is 1.84. The molecule has 0 amide bonds. The Hall–Kier alpha value is -0.890. The third-order valence-corrected chi connectivity index (χ3v) is 1.48. The van der Waals surface area contributed by atoms with E-state index in [1.54, 1.807) is 6.08 Å². The molecule has 0 bridgehead atoms. The molecule has 0 radical (unpaired) electrons. The van der Waals surface area contributed by atoms with Crippen molar-refractivity contribution in [2.75, 3.05) is 0 Å². The highest BCUT2D eigenvalue weighted by Crippen LogP contribution is 2.12. The van der Waals surface area contributed by atoms with Crippen LogP contribution in [0.3, 0.4) is 0 Å². The zero-order chi connectivity index (χ0) is 9.72. The van der Waals surface area contributed by atoms with Crippen molar-refractivity contribution in [2.45, 2.75) is 13.8 Å². The summed E-state index contributed by atoms with van der Waals surface area (Å²) in [6, 6.07) is 0. The number of hydrogen-bond acceptors (Lipinski definition) is 2. The van der Waals surface area contributed by atoms with Gasteiger partial charge < -0.3 is 5.73 Å². The number of hydrogen-bond donors (Lipinski definition) is 2. The fourth-order valence-corrected chi connectivity index (χ4v) is 0.864. The van der Waals surface area contributed by atoms with Crippen LogP contribution in [0.1, 0.15) is 13.8 Å². The van der Waals surface area contributed by atoms with Crippen molar-refractivity contribution < 1.29 is 0 Å². The van der Waals surface area contributed by atoms with Gasteiger partial charge in [-0.05, 0) is 36.0 Å². The highest BCUT2D eigenvalue weighted by molar-refractivity contribution is 7.84. The lowest BCUT2D eigenvalue weighted by Crippen LogP contribution is -1.96. The molecule has 0 aromatic carbocycles. The van der Waals surface area contributed by atoms with Crippen LogP contribution in [0.25, 0.3) is 0 Å². The Morgan fingerprint density at radius 3 is 2.00 bits per heavy atom. The molecule has 2 heteroatoms. The normalized spacial score (nSPS) is 12.9. The number of allylic oxidation sites excluding steroid dienone is 5. The van der Waals surface area contributed by atoms with E-state index < -0.39 is 0 Å². The van der Waals surface area contributed by atoms with Gasteiger partial charge in [-0.1, -0.05) is 19.2 Å². The Morgan fingerprint density at radius 1 is 1.25 bits per heavy atom. The lowest BCUT2D eigenvalue weighted by Gasteiger charge is -2.02. The summed E-state index contributed by atoms with van der Waals surface area (Å²) in [4.78, 5) is 0.704. The van der Waals surface area contributed by atoms with Crippen LogP contribution in [0.4, 0.5) is 0 Å². The molecule has 1 nitrogen and oxygen atoms in total. The van der Waals surface area contributed by atoms with Gasteiger partial charge in [0, 0.05) is 5.70 Å². The third-order valence-electron chi connectivity index (χ3n) is 1.33. The Morgan fingerprint density at radius 2 is 1.75 bits per heavy atom. The summed E-state index contributed by atoms with van der Waals surface area (Å²) in [7, 11) is 0. The fourth-order valence-electron chi connectivity index (χ4n) is 0.790. The van der Waals surface area contributed by atoms with Crippen molar-refractivity contribution in [3.8, 4) is 0 Å². The molecule has 0 aliphatic rings. The lowest BCUT2D eigenvalue weighted by atomic mass is 10.1. The molecule has 0 saturated heterocycles. The fraction of sp³-hybridized carbons (Fsp3) is 0.200. The number of thiol groups is 1. The van der Waals surface area contributed by atoms with Gasteiger partial charge in [0.15, 0.2) is 0 Å². The van der Waals surface area contributed by atoms with E-state index in [9.17, 15) is 0 Å². The molecule has 0 aliphatic heterocycles. The van der Waals surface area contributed by atoms with Crippen LogP contribution in [0.5, 0.6) is 0 Å².